The van der Waals surface area contributed by atoms with Gasteiger partial charge < -0.3 is 19.9 Å². The molecule has 1 unspecified atom stereocenters. The molecule has 144 valence electrons. The number of hydrogen-bond acceptors (Lipinski definition) is 4. The van der Waals surface area contributed by atoms with Gasteiger partial charge in [0.2, 0.25) is 5.91 Å². The Bertz CT molecular complexity index is 623. The summed E-state index contributed by atoms with van der Waals surface area (Å²) < 4.78 is 7.69. The minimum absolute atomic E-state index is 0.0286. The van der Waals surface area contributed by atoms with E-state index in [0.717, 1.165) is 50.5 Å². The summed E-state index contributed by atoms with van der Waals surface area (Å²) in [5.74, 6) is 0.909. The van der Waals surface area contributed by atoms with Gasteiger partial charge in [-0.3, -0.25) is 9.48 Å². The molecule has 1 amide bonds. The molecule has 0 saturated carbocycles. The van der Waals surface area contributed by atoms with Gasteiger partial charge in [-0.05, 0) is 26.2 Å². The summed E-state index contributed by atoms with van der Waals surface area (Å²) in [4.78, 5) is 21.1. The van der Waals surface area contributed by atoms with Gasteiger partial charge >= 0.3 is 0 Å². The van der Waals surface area contributed by atoms with Crippen LogP contribution in [0.2, 0.25) is 0 Å². The van der Waals surface area contributed by atoms with E-state index in [1.807, 2.05) is 31.3 Å². The molecule has 0 radical (unpaired) electrons. The fourth-order valence-corrected chi connectivity index (χ4v) is 3.46. The van der Waals surface area contributed by atoms with Crippen LogP contribution >= 0.6 is 0 Å². The van der Waals surface area contributed by atoms with Gasteiger partial charge in [0.1, 0.15) is 12.6 Å². The van der Waals surface area contributed by atoms with E-state index in [2.05, 4.69) is 20.3 Å². The highest BCUT2D eigenvalue weighted by Crippen LogP contribution is 2.21. The number of nitrogens with zero attached hydrogens (tertiary/aromatic N) is 5. The third-order valence-electron chi connectivity index (χ3n) is 4.87. The molecule has 3 heterocycles. The van der Waals surface area contributed by atoms with Crippen LogP contribution in [0.1, 0.15) is 37.9 Å². The summed E-state index contributed by atoms with van der Waals surface area (Å²) in [7, 11) is 1.90. The fraction of sp³-hybridized carbons (Fsp3) is 0.722. The van der Waals surface area contributed by atoms with Crippen LogP contribution in [-0.4, -0.2) is 77.3 Å². The fourth-order valence-electron chi connectivity index (χ4n) is 3.46. The number of hydrogen-bond donors (Lipinski definition) is 1. The first-order valence-electron chi connectivity index (χ1n) is 9.58. The number of rotatable bonds is 4. The van der Waals surface area contributed by atoms with Crippen molar-refractivity contribution in [1.82, 2.24) is 24.9 Å². The standard InChI is InChI=1S/C18H30N6O2/c1-3-19-18(20-12-17(25)23-7-5-4-6-8-23)24-9-10-26-16(14-24)15-11-21-22(2)13-15/h11,13,16H,3-10,12,14H2,1-2H3,(H,19,20). The first-order chi connectivity index (χ1) is 12.7. The maximum absolute atomic E-state index is 12.4. The highest BCUT2D eigenvalue weighted by molar-refractivity contribution is 5.85. The van der Waals surface area contributed by atoms with Crippen molar-refractivity contribution in [3.63, 3.8) is 0 Å². The highest BCUT2D eigenvalue weighted by atomic mass is 16.5. The molecule has 1 atom stereocenters. The van der Waals surface area contributed by atoms with E-state index in [0.29, 0.717) is 13.2 Å². The minimum atomic E-state index is -0.0286. The average molecular weight is 362 g/mol. The summed E-state index contributed by atoms with van der Waals surface area (Å²) in [6, 6.07) is 0. The van der Waals surface area contributed by atoms with Crippen molar-refractivity contribution < 1.29 is 9.53 Å². The molecule has 2 aliphatic heterocycles. The van der Waals surface area contributed by atoms with Crippen molar-refractivity contribution in [2.24, 2.45) is 12.0 Å². The lowest BCUT2D eigenvalue weighted by molar-refractivity contribution is -0.130. The molecule has 0 bridgehead atoms. The van der Waals surface area contributed by atoms with E-state index in [-0.39, 0.29) is 18.6 Å². The van der Waals surface area contributed by atoms with Gasteiger partial charge in [-0.15, -0.1) is 0 Å². The lowest BCUT2D eigenvalue weighted by atomic mass is 10.1. The Morgan fingerprint density at radius 1 is 1.31 bits per heavy atom. The lowest BCUT2D eigenvalue weighted by Gasteiger charge is -2.35. The van der Waals surface area contributed by atoms with Crippen molar-refractivity contribution in [2.45, 2.75) is 32.3 Å². The lowest BCUT2D eigenvalue weighted by Crippen LogP contribution is -2.48. The number of amides is 1. The summed E-state index contributed by atoms with van der Waals surface area (Å²) in [5.41, 5.74) is 1.07. The monoisotopic (exact) mass is 362 g/mol. The molecule has 0 aliphatic carbocycles. The van der Waals surface area contributed by atoms with E-state index in [1.165, 1.54) is 6.42 Å². The van der Waals surface area contributed by atoms with Crippen molar-refractivity contribution in [1.29, 1.82) is 0 Å². The van der Waals surface area contributed by atoms with Crippen LogP contribution in [-0.2, 0) is 16.6 Å². The van der Waals surface area contributed by atoms with Gasteiger partial charge in [0.15, 0.2) is 5.96 Å². The molecule has 1 aromatic heterocycles. The maximum atomic E-state index is 12.4. The van der Waals surface area contributed by atoms with Crippen molar-refractivity contribution in [3.05, 3.63) is 18.0 Å². The largest absolute Gasteiger partial charge is 0.370 e. The smallest absolute Gasteiger partial charge is 0.244 e. The number of guanidine groups is 1. The zero-order valence-corrected chi connectivity index (χ0v) is 15.9. The minimum Gasteiger partial charge on any atom is -0.370 e. The molecule has 3 rings (SSSR count). The highest BCUT2D eigenvalue weighted by Gasteiger charge is 2.25. The molecule has 2 fully saturated rings. The first kappa shape index (κ1) is 18.7. The third kappa shape index (κ3) is 4.75. The molecule has 0 aromatic carbocycles. The van der Waals surface area contributed by atoms with Crippen LogP contribution < -0.4 is 5.32 Å². The number of carbonyl (C=O) groups is 1. The van der Waals surface area contributed by atoms with Gasteiger partial charge in [0, 0.05) is 45.0 Å². The van der Waals surface area contributed by atoms with E-state index in [9.17, 15) is 4.79 Å². The molecular weight excluding hydrogens is 332 g/mol. The molecule has 26 heavy (non-hydrogen) atoms. The number of ether oxygens (including phenoxy) is 1. The Hall–Kier alpha value is -2.09. The number of piperidine rings is 1. The van der Waals surface area contributed by atoms with Gasteiger partial charge in [-0.1, -0.05) is 0 Å². The predicted octanol–water partition coefficient (Wildman–Crippen LogP) is 0.771. The Morgan fingerprint density at radius 2 is 2.12 bits per heavy atom. The second-order valence-corrected chi connectivity index (χ2v) is 6.86. The zero-order valence-electron chi connectivity index (χ0n) is 15.9. The number of aliphatic imine (C=N–C) groups is 1. The SMILES string of the molecule is CCNC(=NCC(=O)N1CCCCC1)N1CCOC(c2cnn(C)c2)C1. The molecule has 8 nitrogen and oxygen atoms in total. The van der Waals surface area contributed by atoms with E-state index < -0.39 is 0 Å². The average Bonchev–Trinajstić information content (AvgIpc) is 3.12. The molecule has 8 heteroatoms. The summed E-state index contributed by atoms with van der Waals surface area (Å²) in [6.45, 7) is 6.85. The van der Waals surface area contributed by atoms with Crippen molar-refractivity contribution in [3.8, 4) is 0 Å². The number of morpholine rings is 1. The van der Waals surface area contributed by atoms with Crippen LogP contribution in [0.5, 0.6) is 0 Å². The summed E-state index contributed by atoms with van der Waals surface area (Å²) in [6.07, 6.45) is 7.23. The molecule has 1 N–H and O–H groups in total. The van der Waals surface area contributed by atoms with E-state index in [4.69, 9.17) is 4.74 Å². The van der Waals surface area contributed by atoms with E-state index >= 15 is 0 Å². The number of aromatic nitrogens is 2. The van der Waals surface area contributed by atoms with Crippen LogP contribution in [0.15, 0.2) is 17.4 Å². The normalized spacial score (nSPS) is 21.8. The van der Waals surface area contributed by atoms with Crippen LogP contribution in [0.4, 0.5) is 0 Å². The quantitative estimate of drug-likeness (QED) is 0.633. The molecule has 0 spiro atoms. The predicted molar refractivity (Wildman–Crippen MR) is 99.9 cm³/mol. The third-order valence-corrected chi connectivity index (χ3v) is 4.87. The van der Waals surface area contributed by atoms with Gasteiger partial charge in [0.05, 0.1) is 19.3 Å². The van der Waals surface area contributed by atoms with Crippen LogP contribution in [0, 0.1) is 0 Å². The Kier molecular flexibility index (Phi) is 6.49. The summed E-state index contributed by atoms with van der Waals surface area (Å²) >= 11 is 0. The van der Waals surface area contributed by atoms with Gasteiger partial charge in [-0.25, -0.2) is 4.99 Å². The molecule has 2 saturated heterocycles. The number of likely N-dealkylation sites (tertiary alicyclic amines) is 1. The van der Waals surface area contributed by atoms with Crippen molar-refractivity contribution in [2.75, 3.05) is 45.9 Å². The summed E-state index contributed by atoms with van der Waals surface area (Å²) in [5, 5.41) is 7.55. The van der Waals surface area contributed by atoms with Crippen LogP contribution in [0.3, 0.4) is 0 Å². The topological polar surface area (TPSA) is 75.0 Å². The maximum Gasteiger partial charge on any atom is 0.244 e. The van der Waals surface area contributed by atoms with E-state index in [1.54, 1.807) is 4.68 Å². The van der Waals surface area contributed by atoms with Gasteiger partial charge in [0.25, 0.3) is 0 Å². The number of nitrogens with one attached hydrogen (secondary N) is 1. The molecule has 2 aliphatic rings. The van der Waals surface area contributed by atoms with Gasteiger partial charge in [-0.2, -0.15) is 5.10 Å². The Morgan fingerprint density at radius 3 is 2.81 bits per heavy atom. The molecular formula is C18H30N6O2. The second-order valence-electron chi connectivity index (χ2n) is 6.86. The van der Waals surface area contributed by atoms with Crippen LogP contribution in [0.25, 0.3) is 0 Å². The van der Waals surface area contributed by atoms with Crippen molar-refractivity contribution >= 4 is 11.9 Å². The molecule has 1 aromatic rings. The number of carbonyl (C=O) groups excluding carboxylic acids is 1. The zero-order chi connectivity index (χ0) is 18.4. The Labute approximate surface area is 155 Å². The first-order valence-corrected chi connectivity index (χ1v) is 9.58. The number of aryl methyl sites for hydroxylation is 1. The second kappa shape index (κ2) is 9.02. The Balaban J connectivity index is 1.63.